The van der Waals surface area contributed by atoms with Crippen LogP contribution in [0.5, 0.6) is 5.75 Å². The Morgan fingerprint density at radius 1 is 1.18 bits per heavy atom. The van der Waals surface area contributed by atoms with Crippen molar-refractivity contribution in [3.05, 3.63) is 76.6 Å². The number of hydrogen-bond donors (Lipinski definition) is 2. The molecule has 142 valence electrons. The molecule has 1 aliphatic heterocycles. The van der Waals surface area contributed by atoms with Crippen molar-refractivity contribution < 1.29 is 18.7 Å². The largest absolute Gasteiger partial charge is 0.479 e. The van der Waals surface area contributed by atoms with E-state index in [1.807, 2.05) is 0 Å². The molecule has 0 radical (unpaired) electrons. The SMILES string of the molecule is CC1Oc2ccc(NC(=O)c3ccc(Cn4ccccc4=O)o3)cc2NC1=O. The molecule has 0 fully saturated rings. The van der Waals surface area contributed by atoms with Gasteiger partial charge in [-0.05, 0) is 43.3 Å². The second-order valence-corrected chi connectivity index (χ2v) is 6.35. The van der Waals surface area contributed by atoms with E-state index in [9.17, 15) is 14.4 Å². The van der Waals surface area contributed by atoms with E-state index in [0.29, 0.717) is 22.9 Å². The van der Waals surface area contributed by atoms with Crippen LogP contribution >= 0.6 is 0 Å². The van der Waals surface area contributed by atoms with Crippen LogP contribution < -0.4 is 20.9 Å². The Morgan fingerprint density at radius 2 is 2.04 bits per heavy atom. The van der Waals surface area contributed by atoms with Crippen molar-refractivity contribution >= 4 is 23.2 Å². The van der Waals surface area contributed by atoms with E-state index in [0.717, 1.165) is 0 Å². The fourth-order valence-electron chi connectivity index (χ4n) is 2.82. The molecule has 28 heavy (non-hydrogen) atoms. The molecule has 0 saturated carbocycles. The quantitative estimate of drug-likeness (QED) is 0.725. The molecule has 2 N–H and O–H groups in total. The van der Waals surface area contributed by atoms with Crippen LogP contribution in [0.4, 0.5) is 11.4 Å². The zero-order valence-corrected chi connectivity index (χ0v) is 15.0. The number of fused-ring (bicyclic) bond motifs is 1. The minimum absolute atomic E-state index is 0.116. The molecule has 0 spiro atoms. The monoisotopic (exact) mass is 379 g/mol. The Balaban J connectivity index is 1.47. The average molecular weight is 379 g/mol. The molecule has 2 aromatic heterocycles. The lowest BCUT2D eigenvalue weighted by Gasteiger charge is -2.23. The van der Waals surface area contributed by atoms with E-state index >= 15 is 0 Å². The summed E-state index contributed by atoms with van der Waals surface area (Å²) in [6, 6.07) is 13.0. The van der Waals surface area contributed by atoms with Crippen molar-refractivity contribution in [1.82, 2.24) is 4.57 Å². The highest BCUT2D eigenvalue weighted by atomic mass is 16.5. The first-order valence-corrected chi connectivity index (χ1v) is 8.67. The summed E-state index contributed by atoms with van der Waals surface area (Å²) in [6.07, 6.45) is 1.08. The van der Waals surface area contributed by atoms with E-state index < -0.39 is 12.0 Å². The minimum Gasteiger partial charge on any atom is -0.479 e. The number of carbonyl (C=O) groups is 2. The average Bonchev–Trinajstić information content (AvgIpc) is 3.14. The van der Waals surface area contributed by atoms with Crippen molar-refractivity contribution in [2.24, 2.45) is 0 Å². The van der Waals surface area contributed by atoms with Crippen molar-refractivity contribution in [3.63, 3.8) is 0 Å². The predicted octanol–water partition coefficient (Wildman–Crippen LogP) is 2.46. The number of nitrogens with zero attached hydrogens (tertiary/aromatic N) is 1. The third kappa shape index (κ3) is 3.52. The second kappa shape index (κ2) is 7.07. The van der Waals surface area contributed by atoms with Crippen LogP contribution in [-0.4, -0.2) is 22.5 Å². The molecule has 3 heterocycles. The number of nitrogens with one attached hydrogen (secondary N) is 2. The van der Waals surface area contributed by atoms with E-state index in [2.05, 4.69) is 10.6 Å². The zero-order chi connectivity index (χ0) is 19.7. The van der Waals surface area contributed by atoms with Gasteiger partial charge in [0.1, 0.15) is 11.5 Å². The second-order valence-electron chi connectivity index (χ2n) is 6.35. The molecule has 1 atom stereocenters. The highest BCUT2D eigenvalue weighted by Gasteiger charge is 2.24. The van der Waals surface area contributed by atoms with E-state index in [1.165, 1.54) is 10.6 Å². The van der Waals surface area contributed by atoms with E-state index in [-0.39, 0.29) is 23.8 Å². The first-order chi connectivity index (χ1) is 13.5. The van der Waals surface area contributed by atoms with Gasteiger partial charge < -0.3 is 24.4 Å². The Hall–Kier alpha value is -3.81. The molecule has 8 heteroatoms. The number of amides is 2. The van der Waals surface area contributed by atoms with Gasteiger partial charge in [-0.3, -0.25) is 14.4 Å². The summed E-state index contributed by atoms with van der Waals surface area (Å²) in [5.74, 6) is 0.452. The van der Waals surface area contributed by atoms with Crippen LogP contribution in [-0.2, 0) is 11.3 Å². The van der Waals surface area contributed by atoms with Gasteiger partial charge in [0.15, 0.2) is 11.9 Å². The van der Waals surface area contributed by atoms with E-state index in [4.69, 9.17) is 9.15 Å². The van der Waals surface area contributed by atoms with Gasteiger partial charge in [-0.1, -0.05) is 6.07 Å². The molecule has 3 aromatic rings. The van der Waals surface area contributed by atoms with Gasteiger partial charge >= 0.3 is 0 Å². The minimum atomic E-state index is -0.563. The number of aromatic nitrogens is 1. The molecule has 1 unspecified atom stereocenters. The topological polar surface area (TPSA) is 103 Å². The summed E-state index contributed by atoms with van der Waals surface area (Å²) in [5, 5.41) is 5.44. The lowest BCUT2D eigenvalue weighted by molar-refractivity contribution is -0.122. The number of benzene rings is 1. The lowest BCUT2D eigenvalue weighted by Crippen LogP contribution is -2.34. The molecule has 2 amide bonds. The molecule has 4 rings (SSSR count). The number of anilines is 2. The number of hydrogen-bond acceptors (Lipinski definition) is 5. The molecule has 1 aliphatic rings. The van der Waals surface area contributed by atoms with Gasteiger partial charge in [0.05, 0.1) is 12.2 Å². The highest BCUT2D eigenvalue weighted by molar-refractivity contribution is 6.03. The van der Waals surface area contributed by atoms with Crippen molar-refractivity contribution in [1.29, 1.82) is 0 Å². The maximum absolute atomic E-state index is 12.4. The van der Waals surface area contributed by atoms with Crippen molar-refractivity contribution in [2.75, 3.05) is 10.6 Å². The van der Waals surface area contributed by atoms with Gasteiger partial charge in [0.25, 0.3) is 17.4 Å². The highest BCUT2D eigenvalue weighted by Crippen LogP contribution is 2.32. The van der Waals surface area contributed by atoms with Crippen molar-refractivity contribution in [2.45, 2.75) is 19.6 Å². The molecule has 0 aliphatic carbocycles. The Morgan fingerprint density at radius 3 is 2.86 bits per heavy atom. The first-order valence-electron chi connectivity index (χ1n) is 8.67. The lowest BCUT2D eigenvalue weighted by atomic mass is 10.2. The number of ether oxygens (including phenoxy) is 1. The Labute approximate surface area is 159 Å². The standard InChI is InChI=1S/C20H17N3O5/c1-12-19(25)22-15-10-13(5-7-16(15)27-12)21-20(26)17-8-6-14(28-17)11-23-9-3-2-4-18(23)24/h2-10,12H,11H2,1H3,(H,21,26)(H,22,25). The number of furan rings is 1. The number of pyridine rings is 1. The predicted molar refractivity (Wildman–Crippen MR) is 102 cm³/mol. The van der Waals surface area contributed by atoms with Crippen LogP contribution in [0.2, 0.25) is 0 Å². The van der Waals surface area contributed by atoms with Crippen LogP contribution in [0.1, 0.15) is 23.2 Å². The summed E-state index contributed by atoms with van der Waals surface area (Å²) in [7, 11) is 0. The summed E-state index contributed by atoms with van der Waals surface area (Å²) in [5.41, 5.74) is 0.821. The van der Waals surface area contributed by atoms with Crippen LogP contribution in [0, 0.1) is 0 Å². The molecular formula is C20H17N3O5. The first kappa shape index (κ1) is 17.6. The third-order valence-corrected chi connectivity index (χ3v) is 4.28. The maximum Gasteiger partial charge on any atom is 0.291 e. The van der Waals surface area contributed by atoms with Gasteiger partial charge in [0, 0.05) is 18.0 Å². The van der Waals surface area contributed by atoms with Gasteiger partial charge in [-0.15, -0.1) is 0 Å². The molecule has 1 aromatic carbocycles. The molecule has 0 saturated heterocycles. The zero-order valence-electron chi connectivity index (χ0n) is 15.0. The Bertz CT molecular complexity index is 1110. The summed E-state index contributed by atoms with van der Waals surface area (Å²) in [4.78, 5) is 35.9. The number of rotatable bonds is 4. The Kier molecular flexibility index (Phi) is 4.44. The van der Waals surface area contributed by atoms with Crippen LogP contribution in [0.15, 0.2) is 63.9 Å². The van der Waals surface area contributed by atoms with Gasteiger partial charge in [0.2, 0.25) is 0 Å². The molecular weight excluding hydrogens is 362 g/mol. The maximum atomic E-state index is 12.4. The van der Waals surface area contributed by atoms with Crippen LogP contribution in [0.3, 0.4) is 0 Å². The van der Waals surface area contributed by atoms with E-state index in [1.54, 1.807) is 55.6 Å². The fraction of sp³-hybridized carbons (Fsp3) is 0.150. The summed E-state index contributed by atoms with van der Waals surface area (Å²) >= 11 is 0. The van der Waals surface area contributed by atoms with Crippen LogP contribution in [0.25, 0.3) is 0 Å². The van der Waals surface area contributed by atoms with Gasteiger partial charge in [-0.2, -0.15) is 0 Å². The summed E-state index contributed by atoms with van der Waals surface area (Å²) < 4.78 is 12.5. The smallest absolute Gasteiger partial charge is 0.291 e. The number of carbonyl (C=O) groups excluding carboxylic acids is 2. The van der Waals surface area contributed by atoms with Gasteiger partial charge in [-0.25, -0.2) is 0 Å². The molecule has 0 bridgehead atoms. The summed E-state index contributed by atoms with van der Waals surface area (Å²) in [6.45, 7) is 1.89. The van der Waals surface area contributed by atoms with Crippen molar-refractivity contribution in [3.8, 4) is 5.75 Å². The normalized spacial score (nSPS) is 15.3. The molecule has 8 nitrogen and oxygen atoms in total. The fourth-order valence-corrected chi connectivity index (χ4v) is 2.82. The third-order valence-electron chi connectivity index (χ3n) is 4.28.